The number of phenolic OH excluding ortho intramolecular Hbond substituents is 1. The van der Waals surface area contributed by atoms with Gasteiger partial charge in [-0.15, -0.1) is 12.4 Å². The molecule has 0 atom stereocenters. The molecule has 0 amide bonds. The molecule has 3 aromatic heterocycles. The number of hydrogen-bond acceptors (Lipinski definition) is 6. The SMILES string of the molecule is Cc1cc(CN(Cc2ccccc2)Cc2nc3ccccc3[nH]2)c(O)c(CN(Cc2nc3ccccc3[nH]2)Cc2nc3ccccc3[nH]2)c1.Cl. The summed E-state index contributed by atoms with van der Waals surface area (Å²) < 4.78 is 0. The van der Waals surface area contributed by atoms with Crippen molar-refractivity contribution in [2.75, 3.05) is 0 Å². The standard InChI is InChI=1S/C40H38N8O.ClH/c1-27-19-29(22-47(21-28-11-3-2-4-12-28)24-37-41-31-13-5-6-14-32(31)42-37)40(49)30(20-27)23-48(25-38-43-33-15-7-8-16-34(33)44-38)26-39-45-35-17-9-10-18-36(35)46-39;/h2-20,49H,21-26H2,1H3,(H,41,42)(H,43,44)(H,45,46);1H. The number of nitrogens with one attached hydrogen (secondary N) is 3. The molecule has 0 radical (unpaired) electrons. The Balaban J connectivity index is 0.00000392. The Morgan fingerprint density at radius 3 is 1.30 bits per heavy atom. The van der Waals surface area contributed by atoms with E-state index in [1.54, 1.807) is 0 Å². The normalized spacial score (nSPS) is 11.7. The molecule has 4 N–H and O–H groups in total. The molecule has 0 fully saturated rings. The molecular weight excluding hydrogens is 644 g/mol. The molecule has 10 heteroatoms. The zero-order chi connectivity index (χ0) is 33.2. The van der Waals surface area contributed by atoms with Gasteiger partial charge in [-0.3, -0.25) is 9.80 Å². The number of aromatic amines is 3. The van der Waals surface area contributed by atoms with Crippen LogP contribution in [0.5, 0.6) is 5.75 Å². The van der Waals surface area contributed by atoms with Gasteiger partial charge in [-0.25, -0.2) is 15.0 Å². The molecule has 5 aromatic carbocycles. The summed E-state index contributed by atoms with van der Waals surface area (Å²) in [5.74, 6) is 2.94. The summed E-state index contributed by atoms with van der Waals surface area (Å²) in [7, 11) is 0. The predicted octanol–water partition coefficient (Wildman–Crippen LogP) is 8.16. The summed E-state index contributed by atoms with van der Waals surface area (Å²) in [6, 6.07) is 38.9. The van der Waals surface area contributed by atoms with Crippen molar-refractivity contribution in [1.82, 2.24) is 39.7 Å². The Morgan fingerprint density at radius 1 is 0.500 bits per heavy atom. The van der Waals surface area contributed by atoms with E-state index in [0.717, 1.165) is 67.3 Å². The van der Waals surface area contributed by atoms with Crippen LogP contribution in [0.3, 0.4) is 0 Å². The van der Waals surface area contributed by atoms with Crippen molar-refractivity contribution in [3.63, 3.8) is 0 Å². The van der Waals surface area contributed by atoms with Gasteiger partial charge in [0.1, 0.15) is 23.2 Å². The molecule has 252 valence electrons. The number of H-pyrrole nitrogens is 3. The molecule has 0 unspecified atom stereocenters. The number of aromatic hydroxyl groups is 1. The fourth-order valence-corrected chi connectivity index (χ4v) is 6.71. The summed E-state index contributed by atoms with van der Waals surface area (Å²) in [6.45, 7) is 5.59. The number of fused-ring (bicyclic) bond motifs is 3. The van der Waals surface area contributed by atoms with Gasteiger partial charge >= 0.3 is 0 Å². The number of halogens is 1. The minimum Gasteiger partial charge on any atom is -0.507 e. The topological polar surface area (TPSA) is 113 Å². The first-order valence-electron chi connectivity index (χ1n) is 16.6. The van der Waals surface area contributed by atoms with Crippen molar-refractivity contribution in [3.8, 4) is 5.75 Å². The highest BCUT2D eigenvalue weighted by Gasteiger charge is 2.20. The molecule has 0 saturated heterocycles. The first-order chi connectivity index (χ1) is 24.0. The number of phenols is 1. The Hall–Kier alpha value is -5.48. The Labute approximate surface area is 296 Å². The average Bonchev–Trinajstić information content (AvgIpc) is 3.82. The van der Waals surface area contributed by atoms with Crippen molar-refractivity contribution in [2.45, 2.75) is 46.2 Å². The average molecular weight is 683 g/mol. The van der Waals surface area contributed by atoms with Crippen molar-refractivity contribution in [2.24, 2.45) is 0 Å². The zero-order valence-corrected chi connectivity index (χ0v) is 28.6. The van der Waals surface area contributed by atoms with Gasteiger partial charge in [-0.2, -0.15) is 0 Å². The number of hydrogen-bond donors (Lipinski definition) is 4. The third-order valence-corrected chi connectivity index (χ3v) is 8.88. The van der Waals surface area contributed by atoms with Crippen molar-refractivity contribution >= 4 is 45.5 Å². The number of benzene rings is 5. The van der Waals surface area contributed by atoms with Crippen LogP contribution >= 0.6 is 12.4 Å². The van der Waals surface area contributed by atoms with Gasteiger partial charge in [-0.05, 0) is 48.9 Å². The molecule has 8 aromatic rings. The van der Waals surface area contributed by atoms with Crippen molar-refractivity contribution < 1.29 is 5.11 Å². The molecule has 0 saturated carbocycles. The van der Waals surface area contributed by atoms with E-state index in [1.165, 1.54) is 5.56 Å². The molecule has 0 aliphatic rings. The number of para-hydroxylation sites is 6. The first-order valence-corrected chi connectivity index (χ1v) is 16.6. The summed E-state index contributed by atoms with van der Waals surface area (Å²) in [5.41, 5.74) is 9.90. The largest absolute Gasteiger partial charge is 0.507 e. The van der Waals surface area contributed by atoms with Gasteiger partial charge in [-0.1, -0.05) is 84.4 Å². The van der Waals surface area contributed by atoms with Crippen LogP contribution in [0.25, 0.3) is 33.1 Å². The molecule has 0 aliphatic carbocycles. The van der Waals surface area contributed by atoms with E-state index in [9.17, 15) is 5.11 Å². The van der Waals surface area contributed by atoms with Crippen LogP contribution in [0.1, 0.15) is 39.7 Å². The lowest BCUT2D eigenvalue weighted by Gasteiger charge is -2.25. The van der Waals surface area contributed by atoms with Gasteiger partial charge in [0.2, 0.25) is 0 Å². The summed E-state index contributed by atoms with van der Waals surface area (Å²) in [6.07, 6.45) is 0. The van der Waals surface area contributed by atoms with Crippen LogP contribution in [-0.4, -0.2) is 44.8 Å². The van der Waals surface area contributed by atoms with E-state index >= 15 is 0 Å². The Kier molecular flexibility index (Phi) is 9.62. The monoisotopic (exact) mass is 682 g/mol. The predicted molar refractivity (Wildman–Crippen MR) is 201 cm³/mol. The van der Waals surface area contributed by atoms with Crippen LogP contribution in [0, 0.1) is 6.92 Å². The molecule has 3 heterocycles. The molecule has 8 rings (SSSR count). The smallest absolute Gasteiger partial charge is 0.124 e. The molecule has 0 spiro atoms. The third-order valence-electron chi connectivity index (χ3n) is 8.88. The van der Waals surface area contributed by atoms with E-state index in [1.807, 2.05) is 72.8 Å². The minimum atomic E-state index is 0. The third kappa shape index (κ3) is 7.40. The minimum absolute atomic E-state index is 0. The fourth-order valence-electron chi connectivity index (χ4n) is 6.71. The number of aryl methyl sites for hydroxylation is 1. The second-order valence-electron chi connectivity index (χ2n) is 12.8. The number of nitrogens with zero attached hydrogens (tertiary/aromatic N) is 5. The maximum Gasteiger partial charge on any atom is 0.124 e. The molecular formula is C40H39ClN8O. The van der Waals surface area contributed by atoms with Gasteiger partial charge in [0.25, 0.3) is 0 Å². The quantitative estimate of drug-likeness (QED) is 0.103. The molecule has 0 bridgehead atoms. The zero-order valence-electron chi connectivity index (χ0n) is 27.8. The van der Waals surface area contributed by atoms with E-state index in [2.05, 4.69) is 74.1 Å². The van der Waals surface area contributed by atoms with Gasteiger partial charge in [0.05, 0.1) is 52.7 Å². The van der Waals surface area contributed by atoms with Crippen LogP contribution < -0.4 is 0 Å². The molecule has 0 aliphatic heterocycles. The fraction of sp³-hybridized carbons (Fsp3) is 0.175. The summed E-state index contributed by atoms with van der Waals surface area (Å²) in [4.78, 5) is 29.6. The lowest BCUT2D eigenvalue weighted by atomic mass is 10.0. The van der Waals surface area contributed by atoms with Gasteiger partial charge < -0.3 is 20.1 Å². The second kappa shape index (κ2) is 14.6. The summed E-state index contributed by atoms with van der Waals surface area (Å²) >= 11 is 0. The molecule has 9 nitrogen and oxygen atoms in total. The lowest BCUT2D eigenvalue weighted by molar-refractivity contribution is 0.229. The van der Waals surface area contributed by atoms with Crippen LogP contribution in [0.4, 0.5) is 0 Å². The van der Waals surface area contributed by atoms with Gasteiger partial charge in [0, 0.05) is 30.8 Å². The maximum absolute atomic E-state index is 11.9. The van der Waals surface area contributed by atoms with E-state index in [4.69, 9.17) is 15.0 Å². The van der Waals surface area contributed by atoms with Crippen molar-refractivity contribution in [3.05, 3.63) is 155 Å². The highest BCUT2D eigenvalue weighted by Crippen LogP contribution is 2.29. The van der Waals surface area contributed by atoms with Crippen molar-refractivity contribution in [1.29, 1.82) is 0 Å². The number of rotatable bonds is 12. The van der Waals surface area contributed by atoms with E-state index < -0.39 is 0 Å². The second-order valence-corrected chi connectivity index (χ2v) is 12.8. The van der Waals surface area contributed by atoms with Crippen LogP contribution in [-0.2, 0) is 39.3 Å². The van der Waals surface area contributed by atoms with E-state index in [0.29, 0.717) is 45.0 Å². The maximum atomic E-state index is 11.9. The Bertz CT molecular complexity index is 2190. The van der Waals surface area contributed by atoms with Crippen LogP contribution in [0.15, 0.2) is 115 Å². The van der Waals surface area contributed by atoms with Gasteiger partial charge in [0.15, 0.2) is 0 Å². The molecule has 50 heavy (non-hydrogen) atoms. The number of aromatic nitrogens is 6. The Morgan fingerprint density at radius 2 is 0.880 bits per heavy atom. The highest BCUT2D eigenvalue weighted by atomic mass is 35.5. The first kappa shape index (κ1) is 33.0. The number of imidazole rings is 3. The summed E-state index contributed by atoms with van der Waals surface area (Å²) in [5, 5.41) is 11.9. The lowest BCUT2D eigenvalue weighted by Crippen LogP contribution is -2.25. The van der Waals surface area contributed by atoms with E-state index in [-0.39, 0.29) is 12.4 Å². The highest BCUT2D eigenvalue weighted by molar-refractivity contribution is 5.85. The van der Waals surface area contributed by atoms with Crippen LogP contribution in [0.2, 0.25) is 0 Å².